The summed E-state index contributed by atoms with van der Waals surface area (Å²) < 4.78 is 5.61. The first-order chi connectivity index (χ1) is 8.18. The highest BCUT2D eigenvalue weighted by atomic mass is 16.5. The SMILES string of the molecule is CC(C)N=CN(C)CCCOc1ccccc1. The fourth-order valence-electron chi connectivity index (χ4n) is 1.33. The molecule has 0 aliphatic heterocycles. The molecule has 0 atom stereocenters. The van der Waals surface area contributed by atoms with Gasteiger partial charge in [0.2, 0.25) is 0 Å². The van der Waals surface area contributed by atoms with Crippen molar-refractivity contribution in [3.05, 3.63) is 30.3 Å². The van der Waals surface area contributed by atoms with E-state index in [0.717, 1.165) is 25.3 Å². The van der Waals surface area contributed by atoms with Gasteiger partial charge in [-0.15, -0.1) is 0 Å². The first kappa shape index (κ1) is 13.6. The van der Waals surface area contributed by atoms with Crippen LogP contribution in [0.5, 0.6) is 5.75 Å². The van der Waals surface area contributed by atoms with Crippen molar-refractivity contribution in [3.63, 3.8) is 0 Å². The second-order valence-electron chi connectivity index (χ2n) is 4.35. The Balaban J connectivity index is 2.12. The number of nitrogens with zero attached hydrogens (tertiary/aromatic N) is 2. The first-order valence-electron chi connectivity index (χ1n) is 6.10. The van der Waals surface area contributed by atoms with Gasteiger partial charge in [-0.1, -0.05) is 18.2 Å². The van der Waals surface area contributed by atoms with E-state index < -0.39 is 0 Å². The quantitative estimate of drug-likeness (QED) is 0.412. The number of benzene rings is 1. The van der Waals surface area contributed by atoms with Gasteiger partial charge in [0.25, 0.3) is 0 Å². The monoisotopic (exact) mass is 234 g/mol. The number of hydrogen-bond donors (Lipinski definition) is 0. The van der Waals surface area contributed by atoms with Crippen molar-refractivity contribution < 1.29 is 4.74 Å². The second-order valence-corrected chi connectivity index (χ2v) is 4.35. The minimum Gasteiger partial charge on any atom is -0.494 e. The van der Waals surface area contributed by atoms with Crippen molar-refractivity contribution in [3.8, 4) is 5.75 Å². The lowest BCUT2D eigenvalue weighted by Gasteiger charge is -2.13. The molecule has 0 radical (unpaired) electrons. The Hall–Kier alpha value is -1.51. The average Bonchev–Trinajstić information content (AvgIpc) is 2.33. The van der Waals surface area contributed by atoms with E-state index in [4.69, 9.17) is 4.74 Å². The van der Waals surface area contributed by atoms with E-state index >= 15 is 0 Å². The van der Waals surface area contributed by atoms with E-state index in [1.165, 1.54) is 0 Å². The molecule has 1 rings (SSSR count). The van der Waals surface area contributed by atoms with Crippen LogP contribution in [-0.2, 0) is 0 Å². The average molecular weight is 234 g/mol. The van der Waals surface area contributed by atoms with Crippen LogP contribution < -0.4 is 4.74 Å². The predicted molar refractivity (Wildman–Crippen MR) is 72.8 cm³/mol. The van der Waals surface area contributed by atoms with Crippen molar-refractivity contribution in [2.45, 2.75) is 26.3 Å². The van der Waals surface area contributed by atoms with Gasteiger partial charge in [0.15, 0.2) is 0 Å². The second kappa shape index (κ2) is 7.71. The topological polar surface area (TPSA) is 24.8 Å². The molecular formula is C14H22N2O. The summed E-state index contributed by atoms with van der Waals surface area (Å²) in [5.41, 5.74) is 0. The lowest BCUT2D eigenvalue weighted by molar-refractivity contribution is 0.296. The maximum absolute atomic E-state index is 5.61. The fraction of sp³-hybridized carbons (Fsp3) is 0.500. The Morgan fingerprint density at radius 2 is 2.00 bits per heavy atom. The summed E-state index contributed by atoms with van der Waals surface area (Å²) >= 11 is 0. The third-order valence-electron chi connectivity index (χ3n) is 2.23. The van der Waals surface area contributed by atoms with Crippen molar-refractivity contribution in [1.29, 1.82) is 0 Å². The summed E-state index contributed by atoms with van der Waals surface area (Å²) in [7, 11) is 2.04. The lowest BCUT2D eigenvalue weighted by Crippen LogP contribution is -2.20. The van der Waals surface area contributed by atoms with Crippen LogP contribution in [0.3, 0.4) is 0 Å². The van der Waals surface area contributed by atoms with Gasteiger partial charge in [0.1, 0.15) is 5.75 Å². The summed E-state index contributed by atoms with van der Waals surface area (Å²) in [6.45, 7) is 5.85. The lowest BCUT2D eigenvalue weighted by atomic mass is 10.3. The zero-order chi connectivity index (χ0) is 12.5. The fourth-order valence-corrected chi connectivity index (χ4v) is 1.33. The first-order valence-corrected chi connectivity index (χ1v) is 6.10. The molecule has 0 N–H and O–H groups in total. The third kappa shape index (κ3) is 6.61. The van der Waals surface area contributed by atoms with E-state index in [1.807, 2.05) is 43.7 Å². The molecule has 0 amide bonds. The highest BCUT2D eigenvalue weighted by Crippen LogP contribution is 2.08. The molecule has 0 aromatic heterocycles. The van der Waals surface area contributed by atoms with Gasteiger partial charge < -0.3 is 9.64 Å². The largest absolute Gasteiger partial charge is 0.494 e. The summed E-state index contributed by atoms with van der Waals surface area (Å²) in [5, 5.41) is 0. The van der Waals surface area contributed by atoms with Crippen LogP contribution in [0.15, 0.2) is 35.3 Å². The predicted octanol–water partition coefficient (Wildman–Crippen LogP) is 2.82. The molecule has 94 valence electrons. The molecule has 0 unspecified atom stereocenters. The molecular weight excluding hydrogens is 212 g/mol. The zero-order valence-corrected chi connectivity index (χ0v) is 11.0. The minimum atomic E-state index is 0.359. The molecule has 0 saturated heterocycles. The van der Waals surface area contributed by atoms with Crippen molar-refractivity contribution in [2.24, 2.45) is 4.99 Å². The van der Waals surface area contributed by atoms with E-state index in [2.05, 4.69) is 23.7 Å². The van der Waals surface area contributed by atoms with E-state index in [0.29, 0.717) is 6.04 Å². The molecule has 0 saturated carbocycles. The van der Waals surface area contributed by atoms with Gasteiger partial charge in [-0.3, -0.25) is 4.99 Å². The Bertz CT molecular complexity index is 322. The summed E-state index contributed by atoms with van der Waals surface area (Å²) in [6, 6.07) is 10.3. The molecule has 17 heavy (non-hydrogen) atoms. The van der Waals surface area contributed by atoms with Crippen LogP contribution in [-0.4, -0.2) is 37.5 Å². The van der Waals surface area contributed by atoms with Gasteiger partial charge >= 0.3 is 0 Å². The van der Waals surface area contributed by atoms with Gasteiger partial charge in [-0.25, -0.2) is 0 Å². The van der Waals surface area contributed by atoms with Crippen LogP contribution in [0.4, 0.5) is 0 Å². The van der Waals surface area contributed by atoms with Crippen LogP contribution >= 0.6 is 0 Å². The third-order valence-corrected chi connectivity index (χ3v) is 2.23. The molecule has 3 heteroatoms. The van der Waals surface area contributed by atoms with E-state index in [-0.39, 0.29) is 0 Å². The van der Waals surface area contributed by atoms with E-state index in [1.54, 1.807) is 0 Å². The number of hydrogen-bond acceptors (Lipinski definition) is 2. The number of aliphatic imine (C=N–C) groups is 1. The summed E-state index contributed by atoms with van der Waals surface area (Å²) in [4.78, 5) is 6.41. The molecule has 1 aromatic rings. The number of para-hydroxylation sites is 1. The van der Waals surface area contributed by atoms with Crippen LogP contribution in [0.1, 0.15) is 20.3 Å². The molecule has 0 aliphatic rings. The molecule has 0 aliphatic carbocycles. The maximum Gasteiger partial charge on any atom is 0.119 e. The normalized spacial score (nSPS) is 11.1. The number of rotatable bonds is 7. The summed E-state index contributed by atoms with van der Waals surface area (Å²) in [6.07, 6.45) is 2.89. The smallest absolute Gasteiger partial charge is 0.119 e. The van der Waals surface area contributed by atoms with Gasteiger partial charge in [0, 0.05) is 19.6 Å². The Morgan fingerprint density at radius 1 is 1.29 bits per heavy atom. The van der Waals surface area contributed by atoms with Gasteiger partial charge in [0.05, 0.1) is 12.9 Å². The highest BCUT2D eigenvalue weighted by molar-refractivity contribution is 5.54. The molecule has 3 nitrogen and oxygen atoms in total. The highest BCUT2D eigenvalue weighted by Gasteiger charge is 1.95. The molecule has 0 heterocycles. The van der Waals surface area contributed by atoms with E-state index in [9.17, 15) is 0 Å². The Labute approximate surface area is 104 Å². The van der Waals surface area contributed by atoms with Gasteiger partial charge in [-0.2, -0.15) is 0 Å². The van der Waals surface area contributed by atoms with Crippen molar-refractivity contribution >= 4 is 6.34 Å². The molecule has 0 bridgehead atoms. The van der Waals surface area contributed by atoms with Crippen LogP contribution in [0.25, 0.3) is 0 Å². The van der Waals surface area contributed by atoms with Crippen molar-refractivity contribution in [2.75, 3.05) is 20.2 Å². The van der Waals surface area contributed by atoms with Crippen molar-refractivity contribution in [1.82, 2.24) is 4.90 Å². The maximum atomic E-state index is 5.61. The Kier molecular flexibility index (Phi) is 6.15. The Morgan fingerprint density at radius 3 is 2.65 bits per heavy atom. The summed E-state index contributed by atoms with van der Waals surface area (Å²) in [5.74, 6) is 0.936. The van der Waals surface area contributed by atoms with Crippen LogP contribution in [0.2, 0.25) is 0 Å². The molecule has 0 fully saturated rings. The van der Waals surface area contributed by atoms with Crippen LogP contribution in [0, 0.1) is 0 Å². The minimum absolute atomic E-state index is 0.359. The van der Waals surface area contributed by atoms with Gasteiger partial charge in [-0.05, 0) is 32.4 Å². The molecule has 1 aromatic carbocycles. The zero-order valence-electron chi connectivity index (χ0n) is 11.0. The standard InChI is InChI=1S/C14H22N2O/c1-13(2)15-12-16(3)10-7-11-17-14-8-5-4-6-9-14/h4-6,8-9,12-13H,7,10-11H2,1-3H3. The number of ether oxygens (including phenoxy) is 1. The molecule has 0 spiro atoms.